The molecule has 1 heterocycles. The third-order valence-electron chi connectivity index (χ3n) is 4.25. The number of nitrogens with zero attached hydrogens (tertiary/aromatic N) is 1. The summed E-state index contributed by atoms with van der Waals surface area (Å²) < 4.78 is 0. The molecule has 1 N–H and O–H groups in total. The molecule has 0 aliphatic rings. The number of hydrogen-bond donors (Lipinski definition) is 1. The first-order valence-corrected chi connectivity index (χ1v) is 7.66. The van der Waals surface area contributed by atoms with Crippen LogP contribution in [-0.4, -0.2) is 11.5 Å². The van der Waals surface area contributed by atoms with Crippen LogP contribution in [0.3, 0.4) is 0 Å². The number of pyridine rings is 1. The van der Waals surface area contributed by atoms with Gasteiger partial charge in [0.2, 0.25) is 0 Å². The van der Waals surface area contributed by atoms with Gasteiger partial charge in [0.25, 0.3) is 0 Å². The summed E-state index contributed by atoms with van der Waals surface area (Å²) in [5, 5.41) is 4.92. The number of hydrogen-bond acceptors (Lipinski definition) is 2. The van der Waals surface area contributed by atoms with E-state index in [0.717, 1.165) is 24.9 Å². The van der Waals surface area contributed by atoms with Gasteiger partial charge in [-0.1, -0.05) is 45.9 Å². The number of nitrogens with one attached hydrogen (secondary N) is 1. The summed E-state index contributed by atoms with van der Waals surface area (Å²) >= 11 is 0. The van der Waals surface area contributed by atoms with Crippen LogP contribution >= 0.6 is 0 Å². The van der Waals surface area contributed by atoms with Crippen molar-refractivity contribution in [3.63, 3.8) is 0 Å². The molecule has 108 valence electrons. The van der Waals surface area contributed by atoms with Gasteiger partial charge in [0.05, 0.1) is 5.52 Å². The third-order valence-corrected chi connectivity index (χ3v) is 4.25. The molecule has 0 bridgehead atoms. The highest BCUT2D eigenvalue weighted by molar-refractivity contribution is 5.79. The topological polar surface area (TPSA) is 24.9 Å². The minimum Gasteiger partial charge on any atom is -0.309 e. The minimum absolute atomic E-state index is 0.234. The molecule has 2 heteroatoms. The van der Waals surface area contributed by atoms with E-state index in [-0.39, 0.29) is 5.41 Å². The fraction of sp³-hybridized carbons (Fsp3) is 0.500. The Bertz CT molecular complexity index is 560. The molecule has 0 saturated carbocycles. The van der Waals surface area contributed by atoms with Gasteiger partial charge >= 0.3 is 0 Å². The quantitative estimate of drug-likeness (QED) is 0.822. The maximum absolute atomic E-state index is 4.48. The second kappa shape index (κ2) is 6.36. The number of aromatic nitrogens is 1. The maximum Gasteiger partial charge on any atom is 0.0705 e. The van der Waals surface area contributed by atoms with Crippen LogP contribution in [0.5, 0.6) is 0 Å². The van der Waals surface area contributed by atoms with Crippen molar-refractivity contribution in [3.05, 3.63) is 42.1 Å². The first-order chi connectivity index (χ1) is 9.58. The Morgan fingerprint density at radius 2 is 2.00 bits per heavy atom. The average Bonchev–Trinajstić information content (AvgIpc) is 2.47. The lowest BCUT2D eigenvalue weighted by Gasteiger charge is -2.35. The highest BCUT2D eigenvalue weighted by Gasteiger charge is 2.28. The lowest BCUT2D eigenvalue weighted by atomic mass is 9.78. The summed E-state index contributed by atoms with van der Waals surface area (Å²) in [5.41, 5.74) is 2.66. The molecule has 2 rings (SSSR count). The van der Waals surface area contributed by atoms with Crippen molar-refractivity contribution in [1.29, 1.82) is 0 Å². The molecule has 0 aliphatic heterocycles. The smallest absolute Gasteiger partial charge is 0.0705 e. The van der Waals surface area contributed by atoms with Gasteiger partial charge in [-0.2, -0.15) is 0 Å². The Hall–Kier alpha value is -1.41. The van der Waals surface area contributed by atoms with Crippen LogP contribution in [0, 0.1) is 5.41 Å². The summed E-state index contributed by atoms with van der Waals surface area (Å²) in [6, 6.07) is 11.1. The van der Waals surface area contributed by atoms with Gasteiger partial charge in [0, 0.05) is 17.6 Å². The number of fused-ring (bicyclic) bond motifs is 1. The SMILES string of the molecule is CCCNC(c1ccc2cccnc2c1)C(C)(C)CC. The predicted molar refractivity (Wildman–Crippen MR) is 86.8 cm³/mol. The van der Waals surface area contributed by atoms with E-state index in [1.807, 2.05) is 12.3 Å². The lowest BCUT2D eigenvalue weighted by Crippen LogP contribution is -2.34. The second-order valence-corrected chi connectivity index (χ2v) is 6.18. The van der Waals surface area contributed by atoms with Gasteiger partial charge in [-0.15, -0.1) is 0 Å². The Morgan fingerprint density at radius 1 is 1.20 bits per heavy atom. The van der Waals surface area contributed by atoms with Crippen molar-refractivity contribution in [1.82, 2.24) is 10.3 Å². The van der Waals surface area contributed by atoms with Crippen LogP contribution < -0.4 is 5.32 Å². The third kappa shape index (κ3) is 3.18. The number of rotatable bonds is 6. The first-order valence-electron chi connectivity index (χ1n) is 7.66. The van der Waals surface area contributed by atoms with Crippen molar-refractivity contribution in [2.75, 3.05) is 6.54 Å². The van der Waals surface area contributed by atoms with Crippen molar-refractivity contribution in [3.8, 4) is 0 Å². The van der Waals surface area contributed by atoms with Crippen molar-refractivity contribution < 1.29 is 0 Å². The zero-order valence-electron chi connectivity index (χ0n) is 13.1. The fourth-order valence-corrected chi connectivity index (χ4v) is 2.60. The van der Waals surface area contributed by atoms with Crippen molar-refractivity contribution >= 4 is 10.9 Å². The van der Waals surface area contributed by atoms with Crippen molar-refractivity contribution in [2.24, 2.45) is 5.41 Å². The molecule has 2 aromatic rings. The standard InChI is InChI=1S/C18H26N2/c1-5-11-20-17(18(3,4)6-2)15-10-9-14-8-7-12-19-16(14)13-15/h7-10,12-13,17,20H,5-6,11H2,1-4H3. The summed E-state index contributed by atoms with van der Waals surface area (Å²) in [6.45, 7) is 10.2. The summed E-state index contributed by atoms with van der Waals surface area (Å²) in [5.74, 6) is 0. The fourth-order valence-electron chi connectivity index (χ4n) is 2.60. The average molecular weight is 270 g/mol. The molecule has 0 fully saturated rings. The van der Waals surface area contributed by atoms with Gasteiger partial charge in [-0.3, -0.25) is 4.98 Å². The van der Waals surface area contributed by atoms with Crippen LogP contribution in [0.1, 0.15) is 52.1 Å². The predicted octanol–water partition coefficient (Wildman–Crippen LogP) is 4.71. The van der Waals surface area contributed by atoms with Gasteiger partial charge in [0.1, 0.15) is 0 Å². The zero-order valence-corrected chi connectivity index (χ0v) is 13.1. The van der Waals surface area contributed by atoms with E-state index in [1.165, 1.54) is 10.9 Å². The first kappa shape index (κ1) is 15.0. The maximum atomic E-state index is 4.48. The van der Waals surface area contributed by atoms with Crippen LogP contribution in [0.25, 0.3) is 10.9 Å². The largest absolute Gasteiger partial charge is 0.309 e. The zero-order chi connectivity index (χ0) is 14.6. The molecule has 0 aliphatic carbocycles. The highest BCUT2D eigenvalue weighted by Crippen LogP contribution is 2.37. The normalized spacial score (nSPS) is 13.6. The summed E-state index contributed by atoms with van der Waals surface area (Å²) in [7, 11) is 0. The monoisotopic (exact) mass is 270 g/mol. The summed E-state index contributed by atoms with van der Waals surface area (Å²) in [4.78, 5) is 4.48. The molecular formula is C18H26N2. The molecule has 0 amide bonds. The number of benzene rings is 1. The van der Waals surface area contributed by atoms with Crippen LogP contribution in [0.15, 0.2) is 36.5 Å². The second-order valence-electron chi connectivity index (χ2n) is 6.18. The van der Waals surface area contributed by atoms with Gasteiger partial charge < -0.3 is 5.32 Å². The molecule has 1 aromatic carbocycles. The van der Waals surface area contributed by atoms with E-state index in [2.05, 4.69) is 62.3 Å². The Morgan fingerprint density at radius 3 is 2.70 bits per heavy atom. The highest BCUT2D eigenvalue weighted by atomic mass is 14.9. The van der Waals surface area contributed by atoms with E-state index in [1.54, 1.807) is 0 Å². The Labute approximate surface area is 122 Å². The molecule has 0 spiro atoms. The van der Waals surface area contributed by atoms with Gasteiger partial charge in [0.15, 0.2) is 0 Å². The lowest BCUT2D eigenvalue weighted by molar-refractivity contribution is 0.235. The van der Waals surface area contributed by atoms with Gasteiger partial charge in [-0.25, -0.2) is 0 Å². The molecule has 20 heavy (non-hydrogen) atoms. The van der Waals surface area contributed by atoms with E-state index in [4.69, 9.17) is 0 Å². The van der Waals surface area contributed by atoms with E-state index in [0.29, 0.717) is 6.04 Å². The Kier molecular flexibility index (Phi) is 4.77. The van der Waals surface area contributed by atoms with Crippen molar-refractivity contribution in [2.45, 2.75) is 46.6 Å². The molecule has 1 aromatic heterocycles. The van der Waals surface area contributed by atoms with E-state index >= 15 is 0 Å². The van der Waals surface area contributed by atoms with Crippen LogP contribution in [-0.2, 0) is 0 Å². The molecule has 2 nitrogen and oxygen atoms in total. The van der Waals surface area contributed by atoms with E-state index in [9.17, 15) is 0 Å². The molecular weight excluding hydrogens is 244 g/mol. The minimum atomic E-state index is 0.234. The molecule has 0 saturated heterocycles. The van der Waals surface area contributed by atoms with Gasteiger partial charge in [-0.05, 0) is 42.5 Å². The molecule has 0 radical (unpaired) electrons. The summed E-state index contributed by atoms with van der Waals surface area (Å²) in [6.07, 6.45) is 4.17. The molecule has 1 atom stereocenters. The van der Waals surface area contributed by atoms with E-state index < -0.39 is 0 Å². The molecule has 1 unspecified atom stereocenters. The van der Waals surface area contributed by atoms with Crippen LogP contribution in [0.2, 0.25) is 0 Å². The Balaban J connectivity index is 2.39. The van der Waals surface area contributed by atoms with Crippen LogP contribution in [0.4, 0.5) is 0 Å².